The first-order valence-electron chi connectivity index (χ1n) is 8.52. The predicted octanol–water partition coefficient (Wildman–Crippen LogP) is 1.40. The van der Waals surface area contributed by atoms with Crippen LogP contribution in [0, 0.1) is 11.3 Å². The quantitative estimate of drug-likeness (QED) is 0.834. The molecule has 1 aliphatic heterocycles. The molecule has 0 spiro atoms. The monoisotopic (exact) mass is 355 g/mol. The van der Waals surface area contributed by atoms with Crippen LogP contribution in [-0.2, 0) is 6.54 Å². The van der Waals surface area contributed by atoms with E-state index < -0.39 is 0 Å². The predicted molar refractivity (Wildman–Crippen MR) is 95.6 cm³/mol. The Morgan fingerprint density at radius 1 is 1.35 bits per heavy atom. The van der Waals surface area contributed by atoms with Crippen LogP contribution in [0.25, 0.3) is 0 Å². The van der Waals surface area contributed by atoms with E-state index in [-0.39, 0.29) is 6.03 Å². The first kappa shape index (κ1) is 17.7. The number of urea groups is 1. The molecule has 0 saturated carbocycles. The highest BCUT2D eigenvalue weighted by molar-refractivity contribution is 5.88. The molecular formula is C17H21N7O2. The fourth-order valence-corrected chi connectivity index (χ4v) is 2.76. The first-order valence-corrected chi connectivity index (χ1v) is 8.52. The second kappa shape index (κ2) is 8.31. The van der Waals surface area contributed by atoms with Crippen molar-refractivity contribution in [2.45, 2.75) is 13.5 Å². The molecule has 0 radical (unpaired) electrons. The van der Waals surface area contributed by atoms with E-state index in [2.05, 4.69) is 36.6 Å². The Hall–Kier alpha value is -3.12. The van der Waals surface area contributed by atoms with Crippen molar-refractivity contribution in [1.29, 1.82) is 5.26 Å². The summed E-state index contributed by atoms with van der Waals surface area (Å²) in [5, 5.41) is 18.0. The summed E-state index contributed by atoms with van der Waals surface area (Å²) in [7, 11) is 0. The highest BCUT2D eigenvalue weighted by Gasteiger charge is 2.19. The Morgan fingerprint density at radius 3 is 2.81 bits per heavy atom. The number of pyridine rings is 1. The number of piperazine rings is 1. The summed E-state index contributed by atoms with van der Waals surface area (Å²) in [4.78, 5) is 20.3. The van der Waals surface area contributed by atoms with Crippen molar-refractivity contribution in [3.05, 3.63) is 35.7 Å². The Kier molecular flexibility index (Phi) is 5.66. The van der Waals surface area contributed by atoms with Gasteiger partial charge in [0.1, 0.15) is 11.9 Å². The van der Waals surface area contributed by atoms with Gasteiger partial charge < -0.3 is 14.7 Å². The second-order valence-electron chi connectivity index (χ2n) is 5.94. The Balaban J connectivity index is 1.48. The number of nitrogens with zero attached hydrogens (tertiary/aromatic N) is 5. The van der Waals surface area contributed by atoms with E-state index in [1.807, 2.05) is 13.0 Å². The van der Waals surface area contributed by atoms with Crippen LogP contribution in [0.4, 0.5) is 16.4 Å². The molecule has 0 aliphatic carbocycles. The van der Waals surface area contributed by atoms with E-state index in [1.54, 1.807) is 18.3 Å². The van der Waals surface area contributed by atoms with E-state index in [4.69, 9.17) is 9.78 Å². The summed E-state index contributed by atoms with van der Waals surface area (Å²) in [5.74, 6) is 2.00. The molecule has 1 fully saturated rings. The van der Waals surface area contributed by atoms with Gasteiger partial charge in [0, 0.05) is 45.0 Å². The molecule has 0 bridgehead atoms. The molecule has 0 unspecified atom stereocenters. The molecule has 1 saturated heterocycles. The summed E-state index contributed by atoms with van der Waals surface area (Å²) in [6.45, 7) is 6.45. The van der Waals surface area contributed by atoms with Gasteiger partial charge in [-0.1, -0.05) is 5.16 Å². The summed E-state index contributed by atoms with van der Waals surface area (Å²) in [6.07, 6.45) is 1.60. The Bertz CT molecular complexity index is 773. The molecule has 2 amide bonds. The van der Waals surface area contributed by atoms with Crippen molar-refractivity contribution in [3.63, 3.8) is 0 Å². The lowest BCUT2D eigenvalue weighted by Gasteiger charge is -2.34. The summed E-state index contributed by atoms with van der Waals surface area (Å²) >= 11 is 0. The number of hydrogen-bond acceptors (Lipinski definition) is 7. The minimum atomic E-state index is -0.295. The summed E-state index contributed by atoms with van der Waals surface area (Å²) < 4.78 is 5.29. The zero-order chi connectivity index (χ0) is 18.4. The van der Waals surface area contributed by atoms with Crippen LogP contribution in [0.5, 0.6) is 0 Å². The van der Waals surface area contributed by atoms with E-state index in [1.165, 1.54) is 0 Å². The van der Waals surface area contributed by atoms with Crippen molar-refractivity contribution in [1.82, 2.24) is 20.4 Å². The molecule has 0 aromatic carbocycles. The van der Waals surface area contributed by atoms with Gasteiger partial charge in [-0.2, -0.15) is 5.26 Å². The maximum absolute atomic E-state index is 11.5. The highest BCUT2D eigenvalue weighted by Crippen LogP contribution is 2.16. The minimum absolute atomic E-state index is 0.295. The lowest BCUT2D eigenvalue weighted by Crippen LogP contribution is -2.46. The van der Waals surface area contributed by atoms with Gasteiger partial charge in [-0.3, -0.25) is 10.2 Å². The maximum Gasteiger partial charge on any atom is 0.320 e. The average molecular weight is 355 g/mol. The molecule has 26 heavy (non-hydrogen) atoms. The number of aromatic nitrogens is 2. The largest absolute Gasteiger partial charge is 0.358 e. The van der Waals surface area contributed by atoms with Crippen molar-refractivity contribution < 1.29 is 9.32 Å². The minimum Gasteiger partial charge on any atom is -0.358 e. The maximum atomic E-state index is 11.5. The molecule has 1 aliphatic rings. The fourth-order valence-electron chi connectivity index (χ4n) is 2.76. The van der Waals surface area contributed by atoms with Crippen molar-refractivity contribution in [2.75, 3.05) is 42.9 Å². The van der Waals surface area contributed by atoms with Gasteiger partial charge in [0.25, 0.3) is 0 Å². The van der Waals surface area contributed by atoms with Gasteiger partial charge in [0.15, 0.2) is 11.6 Å². The van der Waals surface area contributed by atoms with E-state index in [0.717, 1.165) is 32.0 Å². The smallest absolute Gasteiger partial charge is 0.320 e. The van der Waals surface area contributed by atoms with E-state index >= 15 is 0 Å². The van der Waals surface area contributed by atoms with Crippen LogP contribution >= 0.6 is 0 Å². The number of rotatable bonds is 5. The molecule has 0 atom stereocenters. The van der Waals surface area contributed by atoms with Crippen LogP contribution < -0.4 is 15.5 Å². The number of hydrogen-bond donors (Lipinski definition) is 2. The molecule has 3 rings (SSSR count). The van der Waals surface area contributed by atoms with Crippen molar-refractivity contribution in [3.8, 4) is 6.07 Å². The molecule has 2 aromatic heterocycles. The molecule has 9 heteroatoms. The Labute approximate surface area is 151 Å². The van der Waals surface area contributed by atoms with Gasteiger partial charge in [-0.15, -0.1) is 0 Å². The summed E-state index contributed by atoms with van der Waals surface area (Å²) in [5.41, 5.74) is 0.565. The first-order chi connectivity index (χ1) is 12.7. The standard InChI is InChI=1S/C17H21N7O2/c1-2-19-17(25)21-15-9-14(26-22-15)12-23-5-7-24(8-6-23)16-4-3-13(10-18)11-20-16/h3-4,9,11H,2,5-8,12H2,1H3,(H2,19,21,22,25). The number of carbonyl (C=O) groups is 1. The van der Waals surface area contributed by atoms with Crippen molar-refractivity contribution >= 4 is 17.7 Å². The SMILES string of the molecule is CCNC(=O)Nc1cc(CN2CCN(c3ccc(C#N)cn3)CC2)on1. The highest BCUT2D eigenvalue weighted by atomic mass is 16.5. The van der Waals surface area contributed by atoms with Gasteiger partial charge in [-0.05, 0) is 19.1 Å². The number of carbonyl (C=O) groups excluding carboxylic acids is 1. The number of anilines is 2. The lowest BCUT2D eigenvalue weighted by molar-refractivity contribution is 0.219. The van der Waals surface area contributed by atoms with Crippen LogP contribution in [0.1, 0.15) is 18.2 Å². The average Bonchev–Trinajstić information content (AvgIpc) is 3.09. The molecule has 3 heterocycles. The molecule has 2 aromatic rings. The molecule has 136 valence electrons. The number of amides is 2. The number of nitriles is 1. The van der Waals surface area contributed by atoms with Gasteiger partial charge in [0.2, 0.25) is 0 Å². The van der Waals surface area contributed by atoms with Crippen LogP contribution in [-0.4, -0.2) is 53.8 Å². The van der Waals surface area contributed by atoms with Gasteiger partial charge in [-0.25, -0.2) is 9.78 Å². The van der Waals surface area contributed by atoms with Gasteiger partial charge >= 0.3 is 6.03 Å². The normalized spacial score (nSPS) is 14.7. The second-order valence-corrected chi connectivity index (χ2v) is 5.94. The third kappa shape index (κ3) is 4.49. The molecule has 9 nitrogen and oxygen atoms in total. The Morgan fingerprint density at radius 2 is 2.15 bits per heavy atom. The van der Waals surface area contributed by atoms with Crippen LogP contribution in [0.3, 0.4) is 0 Å². The lowest BCUT2D eigenvalue weighted by atomic mass is 10.2. The zero-order valence-corrected chi connectivity index (χ0v) is 14.6. The topological polar surface area (TPSA) is 110 Å². The van der Waals surface area contributed by atoms with Crippen LogP contribution in [0.15, 0.2) is 28.9 Å². The van der Waals surface area contributed by atoms with E-state index in [0.29, 0.717) is 30.2 Å². The molecule has 2 N–H and O–H groups in total. The van der Waals surface area contributed by atoms with Crippen LogP contribution in [0.2, 0.25) is 0 Å². The third-order valence-electron chi connectivity index (χ3n) is 4.09. The zero-order valence-electron chi connectivity index (χ0n) is 14.6. The summed E-state index contributed by atoms with van der Waals surface area (Å²) in [6, 6.07) is 7.18. The van der Waals surface area contributed by atoms with Gasteiger partial charge in [0.05, 0.1) is 12.1 Å². The third-order valence-corrected chi connectivity index (χ3v) is 4.09. The van der Waals surface area contributed by atoms with E-state index in [9.17, 15) is 4.79 Å². The fraction of sp³-hybridized carbons (Fsp3) is 0.412. The molecular weight excluding hydrogens is 334 g/mol. The van der Waals surface area contributed by atoms with Crippen molar-refractivity contribution in [2.24, 2.45) is 0 Å². The number of nitrogens with one attached hydrogen (secondary N) is 2.